The first-order valence-corrected chi connectivity index (χ1v) is 9.75. The van der Waals surface area contributed by atoms with Crippen LogP contribution in [0.1, 0.15) is 52.4 Å². The maximum absolute atomic E-state index is 13.0. The molecule has 2 aromatic rings. The molecule has 2 aromatic carbocycles. The first kappa shape index (κ1) is 18.4. The molecule has 5 nitrogen and oxygen atoms in total. The van der Waals surface area contributed by atoms with Gasteiger partial charge in [0.05, 0.1) is 6.54 Å². The number of ketones is 1. The molecule has 4 rings (SSSR count). The molecule has 1 aliphatic carbocycles. The Kier molecular flexibility index (Phi) is 4.53. The molecule has 1 fully saturated rings. The Morgan fingerprint density at radius 2 is 1.71 bits per heavy atom. The monoisotopic (exact) mass is 376 g/mol. The normalized spacial score (nSPS) is 21.4. The molecule has 0 bridgehead atoms. The van der Waals surface area contributed by atoms with E-state index in [1.807, 2.05) is 49.4 Å². The van der Waals surface area contributed by atoms with E-state index in [2.05, 4.69) is 5.32 Å². The van der Waals surface area contributed by atoms with E-state index in [-0.39, 0.29) is 12.3 Å². The van der Waals surface area contributed by atoms with Crippen molar-refractivity contribution in [3.8, 4) is 0 Å². The first-order chi connectivity index (χ1) is 13.4. The van der Waals surface area contributed by atoms with Crippen molar-refractivity contribution in [1.29, 1.82) is 0 Å². The van der Waals surface area contributed by atoms with Crippen LogP contribution >= 0.6 is 0 Å². The summed E-state index contributed by atoms with van der Waals surface area (Å²) in [7, 11) is 0. The van der Waals surface area contributed by atoms with Crippen molar-refractivity contribution in [3.05, 3.63) is 70.3 Å². The average molecular weight is 376 g/mol. The number of hydrogen-bond acceptors (Lipinski definition) is 3. The zero-order valence-corrected chi connectivity index (χ0v) is 16.2. The number of amides is 3. The number of imide groups is 1. The first-order valence-electron chi connectivity index (χ1n) is 9.75. The summed E-state index contributed by atoms with van der Waals surface area (Å²) in [5.41, 5.74) is 3.69. The summed E-state index contributed by atoms with van der Waals surface area (Å²) in [5.74, 6) is -0.613. The van der Waals surface area contributed by atoms with Crippen molar-refractivity contribution in [1.82, 2.24) is 10.2 Å². The van der Waals surface area contributed by atoms with Gasteiger partial charge in [-0.25, -0.2) is 4.79 Å². The molecule has 28 heavy (non-hydrogen) atoms. The molecular weight excluding hydrogens is 352 g/mol. The maximum Gasteiger partial charge on any atom is 0.325 e. The second-order valence-corrected chi connectivity index (χ2v) is 7.93. The van der Waals surface area contributed by atoms with Crippen LogP contribution in [0, 0.1) is 6.92 Å². The highest BCUT2D eigenvalue weighted by Gasteiger charge is 2.49. The lowest BCUT2D eigenvalue weighted by Crippen LogP contribution is -2.41. The highest BCUT2D eigenvalue weighted by atomic mass is 16.2. The molecule has 144 valence electrons. The summed E-state index contributed by atoms with van der Waals surface area (Å²) in [6.45, 7) is 3.40. The van der Waals surface area contributed by atoms with E-state index < -0.39 is 17.5 Å². The smallest absolute Gasteiger partial charge is 0.319 e. The number of Topliss-reactive ketones (excluding diaryl/α,β-unsaturated/α-hetero) is 1. The van der Waals surface area contributed by atoms with Gasteiger partial charge in [0.2, 0.25) is 0 Å². The molecule has 3 amide bonds. The number of carbonyl (C=O) groups is 3. The average Bonchev–Trinajstić information content (AvgIpc) is 2.92. The fourth-order valence-electron chi connectivity index (χ4n) is 4.06. The van der Waals surface area contributed by atoms with Gasteiger partial charge in [-0.05, 0) is 62.3 Å². The van der Waals surface area contributed by atoms with Crippen molar-refractivity contribution in [3.63, 3.8) is 0 Å². The van der Waals surface area contributed by atoms with Gasteiger partial charge in [-0.3, -0.25) is 14.5 Å². The molecule has 1 heterocycles. The number of benzene rings is 2. The number of nitrogens with one attached hydrogen (secondary N) is 1. The van der Waals surface area contributed by atoms with Crippen LogP contribution < -0.4 is 5.32 Å². The van der Waals surface area contributed by atoms with E-state index in [4.69, 9.17) is 0 Å². The Balaban J connectivity index is 1.55. The standard InChI is InChI=1S/C23H24N2O3/c1-15-7-11-19(12-8-15)23(2)21(27)25(22(28)24-23)14-20(26)18-10-9-16-5-3-4-6-17(16)13-18/h7-13H,3-6,14H2,1-2H3,(H,24,28)/t23-/m0/s1. The van der Waals surface area contributed by atoms with Gasteiger partial charge < -0.3 is 5.32 Å². The minimum absolute atomic E-state index is 0.218. The van der Waals surface area contributed by atoms with E-state index >= 15 is 0 Å². The number of nitrogens with zero attached hydrogens (tertiary/aromatic N) is 1. The second-order valence-electron chi connectivity index (χ2n) is 7.93. The number of aryl methyl sites for hydroxylation is 3. The van der Waals surface area contributed by atoms with Crippen LogP contribution in [0.4, 0.5) is 4.79 Å². The molecule has 1 saturated heterocycles. The predicted molar refractivity (Wildman–Crippen MR) is 106 cm³/mol. The third kappa shape index (κ3) is 3.11. The molecule has 0 unspecified atom stereocenters. The third-order valence-electron chi connectivity index (χ3n) is 5.88. The Labute approximate surface area is 164 Å². The summed E-state index contributed by atoms with van der Waals surface area (Å²) >= 11 is 0. The lowest BCUT2D eigenvalue weighted by atomic mass is 9.89. The maximum atomic E-state index is 13.0. The second kappa shape index (κ2) is 6.89. The van der Waals surface area contributed by atoms with Gasteiger partial charge in [0.1, 0.15) is 5.54 Å². The molecule has 1 N–H and O–H groups in total. The fourth-order valence-corrected chi connectivity index (χ4v) is 4.06. The molecule has 2 aliphatic rings. The van der Waals surface area contributed by atoms with Crippen LogP contribution in [-0.4, -0.2) is 29.2 Å². The Hall–Kier alpha value is -2.95. The molecule has 1 atom stereocenters. The van der Waals surface area contributed by atoms with Gasteiger partial charge in [0, 0.05) is 5.56 Å². The van der Waals surface area contributed by atoms with Gasteiger partial charge in [0.15, 0.2) is 5.78 Å². The van der Waals surface area contributed by atoms with Gasteiger partial charge >= 0.3 is 6.03 Å². The van der Waals surface area contributed by atoms with Crippen LogP contribution in [0.2, 0.25) is 0 Å². The highest BCUT2D eigenvalue weighted by molar-refractivity contribution is 6.11. The zero-order valence-electron chi connectivity index (χ0n) is 16.2. The van der Waals surface area contributed by atoms with Crippen LogP contribution in [0.5, 0.6) is 0 Å². The fraction of sp³-hybridized carbons (Fsp3) is 0.348. The molecule has 5 heteroatoms. The van der Waals surface area contributed by atoms with Gasteiger partial charge in [-0.15, -0.1) is 0 Å². The van der Waals surface area contributed by atoms with Crippen LogP contribution in [0.3, 0.4) is 0 Å². The van der Waals surface area contributed by atoms with E-state index in [9.17, 15) is 14.4 Å². The van der Waals surface area contributed by atoms with E-state index in [1.165, 1.54) is 17.5 Å². The van der Waals surface area contributed by atoms with Crippen molar-refractivity contribution >= 4 is 17.7 Å². The SMILES string of the molecule is Cc1ccc([C@]2(C)NC(=O)N(CC(=O)c3ccc4c(c3)CCCC4)C2=O)cc1. The lowest BCUT2D eigenvalue weighted by molar-refractivity contribution is -0.130. The largest absolute Gasteiger partial charge is 0.325 e. The molecule has 0 spiro atoms. The van der Waals surface area contributed by atoms with E-state index in [1.54, 1.807) is 6.92 Å². The summed E-state index contributed by atoms with van der Waals surface area (Å²) < 4.78 is 0. The van der Waals surface area contributed by atoms with Gasteiger partial charge in [0.25, 0.3) is 5.91 Å². The summed E-state index contributed by atoms with van der Waals surface area (Å²) in [4.78, 5) is 39.3. The zero-order chi connectivity index (χ0) is 19.9. The molecule has 0 aromatic heterocycles. The lowest BCUT2D eigenvalue weighted by Gasteiger charge is -2.22. The Bertz CT molecular complexity index is 964. The summed E-state index contributed by atoms with van der Waals surface area (Å²) in [5, 5.41) is 2.76. The number of rotatable bonds is 4. The van der Waals surface area contributed by atoms with Crippen molar-refractivity contribution in [2.45, 2.75) is 45.1 Å². The number of urea groups is 1. The van der Waals surface area contributed by atoms with E-state index in [0.29, 0.717) is 11.1 Å². The van der Waals surface area contributed by atoms with Crippen LogP contribution in [-0.2, 0) is 23.2 Å². The molecule has 0 saturated carbocycles. The molecule has 1 aliphatic heterocycles. The third-order valence-corrected chi connectivity index (χ3v) is 5.88. The van der Waals surface area contributed by atoms with Gasteiger partial charge in [-0.1, -0.05) is 42.0 Å². The Morgan fingerprint density at radius 3 is 2.43 bits per heavy atom. The number of fused-ring (bicyclic) bond motifs is 1. The number of carbonyl (C=O) groups excluding carboxylic acids is 3. The van der Waals surface area contributed by atoms with Crippen molar-refractivity contribution in [2.24, 2.45) is 0 Å². The predicted octanol–water partition coefficient (Wildman–Crippen LogP) is 3.52. The minimum atomic E-state index is -1.15. The molecular formula is C23H24N2O3. The van der Waals surface area contributed by atoms with E-state index in [0.717, 1.165) is 29.7 Å². The van der Waals surface area contributed by atoms with Crippen molar-refractivity contribution < 1.29 is 14.4 Å². The van der Waals surface area contributed by atoms with Crippen LogP contribution in [0.25, 0.3) is 0 Å². The number of hydrogen-bond donors (Lipinski definition) is 1. The molecule has 0 radical (unpaired) electrons. The highest BCUT2D eigenvalue weighted by Crippen LogP contribution is 2.29. The minimum Gasteiger partial charge on any atom is -0.319 e. The van der Waals surface area contributed by atoms with Crippen LogP contribution in [0.15, 0.2) is 42.5 Å². The summed E-state index contributed by atoms with van der Waals surface area (Å²) in [6.07, 6.45) is 4.34. The van der Waals surface area contributed by atoms with Crippen molar-refractivity contribution in [2.75, 3.05) is 6.54 Å². The quantitative estimate of drug-likeness (QED) is 0.656. The summed E-state index contributed by atoms with van der Waals surface area (Å²) in [6, 6.07) is 12.7. The topological polar surface area (TPSA) is 66.5 Å². The van der Waals surface area contributed by atoms with Gasteiger partial charge in [-0.2, -0.15) is 0 Å². The Morgan fingerprint density at radius 1 is 1.04 bits per heavy atom.